The molecule has 0 amide bonds. The maximum Gasteiger partial charge on any atom is 0.319 e. The molecule has 0 unspecified atom stereocenters. The fourth-order valence-corrected chi connectivity index (χ4v) is 2.22. The molecule has 0 saturated heterocycles. The van der Waals surface area contributed by atoms with Crippen molar-refractivity contribution in [3.63, 3.8) is 0 Å². The van der Waals surface area contributed by atoms with E-state index in [1.54, 1.807) is 6.92 Å². The third-order valence-corrected chi connectivity index (χ3v) is 3.60. The zero-order chi connectivity index (χ0) is 13.6. The number of carbonyl (C=O) groups is 1. The van der Waals surface area contributed by atoms with Crippen molar-refractivity contribution in [2.24, 2.45) is 0 Å². The summed E-state index contributed by atoms with van der Waals surface area (Å²) in [7, 11) is -3.78. The number of aliphatic carboxylic acids is 1. The molecule has 0 fully saturated rings. The van der Waals surface area contributed by atoms with Crippen molar-refractivity contribution in [3.05, 3.63) is 24.3 Å². The average molecular weight is 268 g/mol. The van der Waals surface area contributed by atoms with Crippen molar-refractivity contribution in [3.8, 4) is 17.6 Å². The predicted octanol–water partition coefficient (Wildman–Crippen LogP) is 0.947. The van der Waals surface area contributed by atoms with Crippen LogP contribution >= 0.6 is 0 Å². The zero-order valence-electron chi connectivity index (χ0n) is 9.71. The Morgan fingerprint density at radius 3 is 2.44 bits per heavy atom. The number of rotatable bonds is 5. The van der Waals surface area contributed by atoms with Gasteiger partial charge in [-0.2, -0.15) is 0 Å². The molecule has 6 heteroatoms. The number of carboxylic acid groups (broad SMARTS) is 1. The monoisotopic (exact) mass is 268 g/mol. The Hall–Kier alpha value is -2.00. The van der Waals surface area contributed by atoms with E-state index in [1.165, 1.54) is 24.3 Å². The van der Waals surface area contributed by atoms with Gasteiger partial charge in [-0.3, -0.25) is 4.79 Å². The molecule has 0 radical (unpaired) electrons. The van der Waals surface area contributed by atoms with Crippen LogP contribution in [0, 0.1) is 11.8 Å². The van der Waals surface area contributed by atoms with Gasteiger partial charge in [0.15, 0.2) is 15.6 Å². The van der Waals surface area contributed by atoms with Gasteiger partial charge in [-0.25, -0.2) is 8.42 Å². The normalized spacial score (nSPS) is 10.3. The Balaban J connectivity index is 2.81. The highest BCUT2D eigenvalue weighted by atomic mass is 32.2. The van der Waals surface area contributed by atoms with E-state index in [0.29, 0.717) is 5.75 Å². The summed E-state index contributed by atoms with van der Waals surface area (Å²) in [5.74, 6) is 3.53. The zero-order valence-corrected chi connectivity index (χ0v) is 10.5. The fraction of sp³-hybridized carbons (Fsp3) is 0.250. The van der Waals surface area contributed by atoms with Crippen molar-refractivity contribution in [2.75, 3.05) is 12.4 Å². The quantitative estimate of drug-likeness (QED) is 0.804. The Morgan fingerprint density at radius 2 is 1.94 bits per heavy atom. The highest BCUT2D eigenvalue weighted by Crippen LogP contribution is 2.16. The minimum absolute atomic E-state index is 0.0428. The van der Waals surface area contributed by atoms with E-state index in [0.717, 1.165) is 0 Å². The summed E-state index contributed by atoms with van der Waals surface area (Å²) in [4.78, 5) is 10.4. The summed E-state index contributed by atoms with van der Waals surface area (Å²) in [5, 5.41) is 8.49. The molecule has 0 atom stereocenters. The minimum atomic E-state index is -3.78. The van der Waals surface area contributed by atoms with E-state index in [-0.39, 0.29) is 11.5 Å². The highest BCUT2D eigenvalue weighted by molar-refractivity contribution is 7.92. The van der Waals surface area contributed by atoms with Gasteiger partial charge < -0.3 is 9.84 Å². The number of hydrogen-bond donors (Lipinski definition) is 1. The molecule has 1 aromatic carbocycles. The minimum Gasteiger partial charge on any atom is -0.481 e. The Morgan fingerprint density at radius 1 is 1.33 bits per heavy atom. The van der Waals surface area contributed by atoms with E-state index in [9.17, 15) is 13.2 Å². The van der Waals surface area contributed by atoms with Crippen molar-refractivity contribution in [2.45, 2.75) is 11.8 Å². The topological polar surface area (TPSA) is 80.7 Å². The van der Waals surface area contributed by atoms with Crippen LogP contribution in [0.5, 0.6) is 5.75 Å². The first-order valence-electron chi connectivity index (χ1n) is 5.03. The number of ether oxygens (including phenoxy) is 1. The number of carboxylic acids is 1. The summed E-state index contributed by atoms with van der Waals surface area (Å²) in [6.45, 7) is 1.91. The molecule has 0 aromatic heterocycles. The molecule has 1 N–H and O–H groups in total. The van der Waals surface area contributed by atoms with Crippen molar-refractivity contribution in [1.29, 1.82) is 0 Å². The van der Waals surface area contributed by atoms with Gasteiger partial charge in [0.05, 0.1) is 4.90 Å². The van der Waals surface area contributed by atoms with E-state index in [4.69, 9.17) is 9.84 Å². The third kappa shape index (κ3) is 4.11. The summed E-state index contributed by atoms with van der Waals surface area (Å²) >= 11 is 0. The lowest BCUT2D eigenvalue weighted by atomic mass is 10.3. The molecule has 1 aromatic rings. The summed E-state index contributed by atoms with van der Waals surface area (Å²) in [6, 6.07) is 5.55. The van der Waals surface area contributed by atoms with Gasteiger partial charge in [-0.05, 0) is 31.2 Å². The molecule has 0 aliphatic rings. The molecule has 0 bridgehead atoms. The molecule has 18 heavy (non-hydrogen) atoms. The van der Waals surface area contributed by atoms with E-state index in [2.05, 4.69) is 11.8 Å². The van der Waals surface area contributed by atoms with Crippen molar-refractivity contribution < 1.29 is 23.1 Å². The first-order valence-corrected chi connectivity index (χ1v) is 6.68. The van der Waals surface area contributed by atoms with E-state index in [1.807, 2.05) is 0 Å². The summed E-state index contributed by atoms with van der Waals surface area (Å²) in [5.41, 5.74) is 0. The van der Waals surface area contributed by atoms with Crippen LogP contribution in [-0.4, -0.2) is 31.9 Å². The van der Waals surface area contributed by atoms with Gasteiger partial charge in [0, 0.05) is 0 Å². The van der Waals surface area contributed by atoms with Gasteiger partial charge in [0.25, 0.3) is 0 Å². The number of sulfone groups is 1. The second-order valence-electron chi connectivity index (χ2n) is 3.34. The van der Waals surface area contributed by atoms with Crippen LogP contribution in [-0.2, 0) is 14.6 Å². The lowest BCUT2D eigenvalue weighted by molar-refractivity contribution is -0.134. The Bertz CT molecular complexity index is 575. The first-order chi connectivity index (χ1) is 8.45. The molecule has 96 valence electrons. The Kier molecular flexibility index (Phi) is 4.75. The molecule has 1 rings (SSSR count). The Labute approximate surface area is 105 Å². The molecule has 0 spiro atoms. The third-order valence-electron chi connectivity index (χ3n) is 1.98. The van der Waals surface area contributed by atoms with Crippen LogP contribution in [0.1, 0.15) is 6.92 Å². The lowest BCUT2D eigenvalue weighted by Crippen LogP contribution is -2.15. The molecule has 0 saturated carbocycles. The van der Waals surface area contributed by atoms with Gasteiger partial charge in [0.1, 0.15) is 12.4 Å². The summed E-state index contributed by atoms with van der Waals surface area (Å²) < 4.78 is 28.4. The van der Waals surface area contributed by atoms with Gasteiger partial charge in [0.2, 0.25) is 0 Å². The maximum absolute atomic E-state index is 11.6. The highest BCUT2D eigenvalue weighted by Gasteiger charge is 2.18. The van der Waals surface area contributed by atoms with Crippen LogP contribution in [0.25, 0.3) is 0 Å². The van der Waals surface area contributed by atoms with E-state index >= 15 is 0 Å². The van der Waals surface area contributed by atoms with Crippen LogP contribution < -0.4 is 4.74 Å². The van der Waals surface area contributed by atoms with Gasteiger partial charge in [-0.1, -0.05) is 5.92 Å². The molecule has 0 aliphatic heterocycles. The predicted molar refractivity (Wildman–Crippen MR) is 65.1 cm³/mol. The fourth-order valence-electron chi connectivity index (χ4n) is 1.18. The first kappa shape index (κ1) is 14.1. The van der Waals surface area contributed by atoms with Crippen molar-refractivity contribution >= 4 is 15.8 Å². The van der Waals surface area contributed by atoms with Gasteiger partial charge in [-0.15, -0.1) is 5.92 Å². The van der Waals surface area contributed by atoms with E-state index < -0.39 is 21.6 Å². The molecule has 5 nitrogen and oxygen atoms in total. The van der Waals surface area contributed by atoms with Crippen LogP contribution in [0.4, 0.5) is 0 Å². The molecular weight excluding hydrogens is 256 g/mol. The number of benzene rings is 1. The van der Waals surface area contributed by atoms with Crippen LogP contribution in [0.15, 0.2) is 29.2 Å². The van der Waals surface area contributed by atoms with Crippen molar-refractivity contribution in [1.82, 2.24) is 0 Å². The van der Waals surface area contributed by atoms with Crippen LogP contribution in [0.3, 0.4) is 0 Å². The lowest BCUT2D eigenvalue weighted by Gasteiger charge is -2.04. The standard InChI is InChI=1S/C12H12O5S/c1-2-3-8-17-10-4-6-11(7-5-10)18(15,16)9-12(13)14/h4-7H,8-9H2,1H3,(H,13,14). The second kappa shape index (κ2) is 6.07. The molecular formula is C12H12O5S. The van der Waals surface area contributed by atoms with Crippen LogP contribution in [0.2, 0.25) is 0 Å². The average Bonchev–Trinajstić information content (AvgIpc) is 2.28. The smallest absolute Gasteiger partial charge is 0.319 e. The SMILES string of the molecule is CC#CCOc1ccc(S(=O)(=O)CC(=O)O)cc1. The molecule has 0 aliphatic carbocycles. The largest absolute Gasteiger partial charge is 0.481 e. The number of hydrogen-bond acceptors (Lipinski definition) is 4. The van der Waals surface area contributed by atoms with Gasteiger partial charge >= 0.3 is 5.97 Å². The molecule has 0 heterocycles. The maximum atomic E-state index is 11.6. The summed E-state index contributed by atoms with van der Waals surface area (Å²) in [6.07, 6.45) is 0. The second-order valence-corrected chi connectivity index (χ2v) is 5.33.